The minimum absolute atomic E-state index is 0.0222. The van der Waals surface area contributed by atoms with Crippen molar-refractivity contribution in [3.63, 3.8) is 0 Å². The molecular formula is C18H15N5O2S. The highest BCUT2D eigenvalue weighted by Gasteiger charge is 2.34. The molecular weight excluding hydrogens is 350 g/mol. The van der Waals surface area contributed by atoms with Crippen LogP contribution in [0.3, 0.4) is 0 Å². The third kappa shape index (κ3) is 3.05. The topological polar surface area (TPSA) is 84.0 Å². The minimum atomic E-state index is -0.0865. The maximum atomic E-state index is 12.7. The first kappa shape index (κ1) is 16.3. The zero-order valence-electron chi connectivity index (χ0n) is 14.0. The van der Waals surface area contributed by atoms with E-state index in [9.17, 15) is 4.79 Å². The Hall–Kier alpha value is -3.18. The van der Waals surface area contributed by atoms with Crippen molar-refractivity contribution in [1.82, 2.24) is 19.4 Å². The predicted molar refractivity (Wildman–Crippen MR) is 95.4 cm³/mol. The molecule has 1 fully saturated rings. The zero-order valence-corrected chi connectivity index (χ0v) is 14.8. The number of thiazole rings is 1. The number of nitriles is 1. The van der Waals surface area contributed by atoms with Gasteiger partial charge in [0.25, 0.3) is 5.91 Å². The van der Waals surface area contributed by atoms with Crippen LogP contribution in [0.25, 0.3) is 5.13 Å². The average Bonchev–Trinajstić information content (AvgIpc) is 3.27. The Labute approximate surface area is 154 Å². The Morgan fingerprint density at radius 1 is 1.35 bits per heavy atom. The highest BCUT2D eigenvalue weighted by molar-refractivity contribution is 7.16. The maximum Gasteiger partial charge on any atom is 0.266 e. The summed E-state index contributed by atoms with van der Waals surface area (Å²) in [6.45, 7) is 2.87. The molecule has 0 N–H and O–H groups in total. The number of rotatable bonds is 4. The number of likely N-dealkylation sites (tertiary alicyclic amines) is 1. The van der Waals surface area contributed by atoms with Crippen LogP contribution < -0.4 is 4.74 Å². The molecule has 4 rings (SSSR count). The van der Waals surface area contributed by atoms with Crippen molar-refractivity contribution in [2.24, 2.45) is 0 Å². The van der Waals surface area contributed by atoms with Gasteiger partial charge in [-0.3, -0.25) is 4.79 Å². The van der Waals surface area contributed by atoms with E-state index in [4.69, 9.17) is 10.00 Å². The number of nitrogens with zero attached hydrogens (tertiary/aromatic N) is 5. The largest absolute Gasteiger partial charge is 0.471 e. The van der Waals surface area contributed by atoms with Gasteiger partial charge in [0.1, 0.15) is 17.1 Å². The Kier molecular flexibility index (Phi) is 4.14. The van der Waals surface area contributed by atoms with E-state index in [-0.39, 0.29) is 12.0 Å². The van der Waals surface area contributed by atoms with Crippen LogP contribution in [0, 0.1) is 18.3 Å². The molecule has 0 radical (unpaired) electrons. The molecule has 7 nitrogen and oxygen atoms in total. The van der Waals surface area contributed by atoms with Gasteiger partial charge in [0.2, 0.25) is 5.88 Å². The monoisotopic (exact) mass is 365 g/mol. The summed E-state index contributed by atoms with van der Waals surface area (Å²) in [6.07, 6.45) is 5.20. The molecule has 0 saturated carbocycles. The van der Waals surface area contributed by atoms with Crippen LogP contribution in [0.2, 0.25) is 0 Å². The Morgan fingerprint density at radius 3 is 2.77 bits per heavy atom. The fourth-order valence-corrected chi connectivity index (χ4v) is 3.66. The number of carbonyl (C=O) groups is 1. The van der Waals surface area contributed by atoms with Crippen molar-refractivity contribution < 1.29 is 9.53 Å². The smallest absolute Gasteiger partial charge is 0.266 e. The van der Waals surface area contributed by atoms with Crippen LogP contribution in [-0.2, 0) is 0 Å². The Morgan fingerprint density at radius 2 is 2.12 bits per heavy atom. The van der Waals surface area contributed by atoms with Crippen LogP contribution in [0.1, 0.15) is 20.9 Å². The lowest BCUT2D eigenvalue weighted by Gasteiger charge is -2.38. The first-order valence-electron chi connectivity index (χ1n) is 8.07. The van der Waals surface area contributed by atoms with E-state index >= 15 is 0 Å². The van der Waals surface area contributed by atoms with Crippen molar-refractivity contribution in [2.75, 3.05) is 13.1 Å². The molecule has 4 heterocycles. The number of amides is 1. The van der Waals surface area contributed by atoms with E-state index in [1.807, 2.05) is 42.1 Å². The van der Waals surface area contributed by atoms with E-state index in [0.29, 0.717) is 29.4 Å². The lowest BCUT2D eigenvalue weighted by atomic mass is 10.1. The molecule has 8 heteroatoms. The van der Waals surface area contributed by atoms with Gasteiger partial charge >= 0.3 is 0 Å². The number of carbonyl (C=O) groups excluding carboxylic acids is 1. The number of hydrogen-bond donors (Lipinski definition) is 0. The van der Waals surface area contributed by atoms with Crippen LogP contribution in [0.4, 0.5) is 0 Å². The normalized spacial score (nSPS) is 13.9. The van der Waals surface area contributed by atoms with Gasteiger partial charge in [0, 0.05) is 24.7 Å². The van der Waals surface area contributed by atoms with E-state index in [1.54, 1.807) is 17.0 Å². The fraction of sp³-hybridized carbons (Fsp3) is 0.222. The van der Waals surface area contributed by atoms with Crippen LogP contribution in [0.15, 0.2) is 42.9 Å². The molecule has 1 amide bonds. The summed E-state index contributed by atoms with van der Waals surface area (Å²) in [4.78, 5) is 23.7. The van der Waals surface area contributed by atoms with E-state index < -0.39 is 0 Å². The third-order valence-electron chi connectivity index (χ3n) is 4.09. The molecule has 1 aliphatic heterocycles. The number of pyridine rings is 1. The summed E-state index contributed by atoms with van der Waals surface area (Å²) < 4.78 is 7.63. The molecule has 0 unspecified atom stereocenters. The number of aryl methyl sites for hydroxylation is 1. The standard InChI is InChI=1S/C18H15N5O2S/c1-12-16(26-18(21-12)22-6-2-3-7-22)17(24)23-10-14(11-23)25-15-5-4-13(8-19)9-20-15/h2-7,9,14H,10-11H2,1H3. The van der Waals surface area contributed by atoms with Gasteiger partial charge in [-0.2, -0.15) is 5.26 Å². The van der Waals surface area contributed by atoms with E-state index in [0.717, 1.165) is 10.8 Å². The molecule has 26 heavy (non-hydrogen) atoms. The second-order valence-corrected chi connectivity index (χ2v) is 6.93. The summed E-state index contributed by atoms with van der Waals surface area (Å²) in [5, 5.41) is 9.56. The highest BCUT2D eigenvalue weighted by atomic mass is 32.1. The second-order valence-electron chi connectivity index (χ2n) is 5.95. The van der Waals surface area contributed by atoms with E-state index in [2.05, 4.69) is 9.97 Å². The molecule has 1 saturated heterocycles. The number of hydrogen-bond acceptors (Lipinski definition) is 6. The van der Waals surface area contributed by atoms with Gasteiger partial charge in [-0.1, -0.05) is 11.3 Å². The number of aromatic nitrogens is 3. The van der Waals surface area contributed by atoms with Gasteiger partial charge < -0.3 is 14.2 Å². The Balaban J connectivity index is 1.38. The summed E-state index contributed by atoms with van der Waals surface area (Å²) in [5.41, 5.74) is 1.23. The Bertz CT molecular complexity index is 966. The minimum Gasteiger partial charge on any atom is -0.471 e. The first-order chi connectivity index (χ1) is 12.6. The average molecular weight is 365 g/mol. The first-order valence-corrected chi connectivity index (χ1v) is 8.88. The van der Waals surface area contributed by atoms with Gasteiger partial charge in [-0.15, -0.1) is 0 Å². The maximum absolute atomic E-state index is 12.7. The van der Waals surface area contributed by atoms with Crippen molar-refractivity contribution >= 4 is 17.2 Å². The van der Waals surface area contributed by atoms with Crippen molar-refractivity contribution in [2.45, 2.75) is 13.0 Å². The molecule has 0 spiro atoms. The lowest BCUT2D eigenvalue weighted by Crippen LogP contribution is -2.56. The predicted octanol–water partition coefficient (Wildman–Crippen LogP) is 2.41. The summed E-state index contributed by atoms with van der Waals surface area (Å²) in [7, 11) is 0. The summed E-state index contributed by atoms with van der Waals surface area (Å²) in [6, 6.07) is 9.19. The molecule has 0 aromatic carbocycles. The second kappa shape index (κ2) is 6.61. The van der Waals surface area contributed by atoms with Gasteiger partial charge in [-0.05, 0) is 25.1 Å². The summed E-state index contributed by atoms with van der Waals surface area (Å²) >= 11 is 1.39. The molecule has 0 aliphatic carbocycles. The molecule has 3 aromatic heterocycles. The summed E-state index contributed by atoms with van der Waals surface area (Å²) in [5.74, 6) is 0.441. The zero-order chi connectivity index (χ0) is 18.1. The van der Waals surface area contributed by atoms with Gasteiger partial charge in [0.05, 0.1) is 24.3 Å². The van der Waals surface area contributed by atoms with Crippen LogP contribution in [0.5, 0.6) is 5.88 Å². The fourth-order valence-electron chi connectivity index (χ4n) is 2.66. The molecule has 3 aromatic rings. The highest BCUT2D eigenvalue weighted by Crippen LogP contribution is 2.26. The van der Waals surface area contributed by atoms with Crippen LogP contribution >= 0.6 is 11.3 Å². The molecule has 1 aliphatic rings. The molecule has 0 atom stereocenters. The number of ether oxygens (including phenoxy) is 1. The van der Waals surface area contributed by atoms with Crippen LogP contribution in [-0.4, -0.2) is 44.5 Å². The van der Waals surface area contributed by atoms with Crippen molar-refractivity contribution in [1.29, 1.82) is 5.26 Å². The SMILES string of the molecule is Cc1nc(-n2cccc2)sc1C(=O)N1CC(Oc2ccc(C#N)cn2)C1. The third-order valence-corrected chi connectivity index (χ3v) is 5.25. The quantitative estimate of drug-likeness (QED) is 0.709. The van der Waals surface area contributed by atoms with Gasteiger partial charge in [0.15, 0.2) is 5.13 Å². The molecule has 130 valence electrons. The van der Waals surface area contributed by atoms with E-state index in [1.165, 1.54) is 17.5 Å². The van der Waals surface area contributed by atoms with Crippen molar-refractivity contribution in [3.05, 3.63) is 59.0 Å². The lowest BCUT2D eigenvalue weighted by molar-refractivity contribution is 0.0163. The van der Waals surface area contributed by atoms with Crippen molar-refractivity contribution in [3.8, 4) is 17.1 Å². The molecule has 0 bridgehead atoms. The van der Waals surface area contributed by atoms with Gasteiger partial charge in [-0.25, -0.2) is 9.97 Å².